The lowest BCUT2D eigenvalue weighted by Crippen LogP contribution is -2.47. The second-order valence-electron chi connectivity index (χ2n) is 4.99. The highest BCUT2D eigenvalue weighted by Crippen LogP contribution is 2.21. The number of rotatable bonds is 3. The quantitative estimate of drug-likeness (QED) is 0.827. The molecule has 1 aromatic rings. The molecule has 0 aromatic heterocycles. The first-order valence-electron chi connectivity index (χ1n) is 6.23. The lowest BCUT2D eigenvalue weighted by Gasteiger charge is -2.28. The van der Waals surface area contributed by atoms with Gasteiger partial charge >= 0.3 is 0 Å². The highest BCUT2D eigenvalue weighted by Gasteiger charge is 2.25. The van der Waals surface area contributed by atoms with E-state index in [1.54, 1.807) is 0 Å². The lowest BCUT2D eigenvalue weighted by molar-refractivity contribution is -0.120. The Labute approximate surface area is 102 Å². The molecule has 1 heterocycles. The number of aryl methyl sites for hydroxylation is 1. The number of carbonyl (C=O) groups is 1. The fraction of sp³-hybridized carbons (Fsp3) is 0.500. The summed E-state index contributed by atoms with van der Waals surface area (Å²) in [6, 6.07) is 8.45. The van der Waals surface area contributed by atoms with Gasteiger partial charge in [-0.2, -0.15) is 0 Å². The Hall–Kier alpha value is -1.35. The molecular formula is C14H20N2O. The first-order valence-corrected chi connectivity index (χ1v) is 6.23. The molecule has 0 bridgehead atoms. The van der Waals surface area contributed by atoms with Crippen molar-refractivity contribution >= 4 is 5.91 Å². The van der Waals surface area contributed by atoms with Gasteiger partial charge in [0.15, 0.2) is 0 Å². The molecule has 0 spiro atoms. The van der Waals surface area contributed by atoms with Gasteiger partial charge in [0.25, 0.3) is 0 Å². The Balaban J connectivity index is 1.97. The van der Waals surface area contributed by atoms with Crippen LogP contribution in [0.5, 0.6) is 0 Å². The predicted molar refractivity (Wildman–Crippen MR) is 68.6 cm³/mol. The van der Waals surface area contributed by atoms with Crippen LogP contribution in [0.1, 0.15) is 24.0 Å². The molecule has 1 aliphatic rings. The van der Waals surface area contributed by atoms with Crippen molar-refractivity contribution in [2.75, 3.05) is 6.54 Å². The molecule has 0 aliphatic carbocycles. The van der Waals surface area contributed by atoms with Gasteiger partial charge in [-0.05, 0) is 44.2 Å². The third-order valence-electron chi connectivity index (χ3n) is 3.46. The Morgan fingerprint density at radius 1 is 1.53 bits per heavy atom. The SMILES string of the molecule is Cc1cccc(CC2CCNC(C(N)=O)C2)c1. The smallest absolute Gasteiger partial charge is 0.234 e. The number of nitrogens with one attached hydrogen (secondary N) is 1. The molecule has 3 nitrogen and oxygen atoms in total. The maximum atomic E-state index is 11.2. The second-order valence-corrected chi connectivity index (χ2v) is 4.99. The van der Waals surface area contributed by atoms with Crippen LogP contribution in [0.3, 0.4) is 0 Å². The normalized spacial score (nSPS) is 24.5. The Bertz CT molecular complexity index is 403. The van der Waals surface area contributed by atoms with E-state index in [0.29, 0.717) is 5.92 Å². The molecule has 0 radical (unpaired) electrons. The molecule has 1 aliphatic heterocycles. The van der Waals surface area contributed by atoms with E-state index in [0.717, 1.165) is 25.8 Å². The minimum atomic E-state index is -0.223. The summed E-state index contributed by atoms with van der Waals surface area (Å²) < 4.78 is 0. The number of primary amides is 1. The van der Waals surface area contributed by atoms with Crippen LogP contribution in [0.25, 0.3) is 0 Å². The van der Waals surface area contributed by atoms with Crippen molar-refractivity contribution in [2.24, 2.45) is 11.7 Å². The highest BCUT2D eigenvalue weighted by molar-refractivity contribution is 5.79. The summed E-state index contributed by atoms with van der Waals surface area (Å²) >= 11 is 0. The molecule has 92 valence electrons. The second kappa shape index (κ2) is 5.32. The Morgan fingerprint density at radius 3 is 3.06 bits per heavy atom. The van der Waals surface area contributed by atoms with Crippen molar-refractivity contribution in [1.29, 1.82) is 0 Å². The summed E-state index contributed by atoms with van der Waals surface area (Å²) in [4.78, 5) is 11.2. The first kappa shape index (κ1) is 12.1. The number of amides is 1. The maximum Gasteiger partial charge on any atom is 0.234 e. The maximum absolute atomic E-state index is 11.2. The molecule has 2 rings (SSSR count). The van der Waals surface area contributed by atoms with Gasteiger partial charge in [0, 0.05) is 0 Å². The van der Waals surface area contributed by atoms with Gasteiger partial charge in [-0.15, -0.1) is 0 Å². The number of carbonyl (C=O) groups excluding carboxylic acids is 1. The number of piperidine rings is 1. The van der Waals surface area contributed by atoms with Crippen molar-refractivity contribution in [3.8, 4) is 0 Å². The molecule has 3 heteroatoms. The molecule has 1 aromatic carbocycles. The van der Waals surface area contributed by atoms with Crippen LogP contribution in [0, 0.1) is 12.8 Å². The molecular weight excluding hydrogens is 212 g/mol. The average Bonchev–Trinajstić information content (AvgIpc) is 2.29. The summed E-state index contributed by atoms with van der Waals surface area (Å²) in [5.41, 5.74) is 8.00. The van der Waals surface area contributed by atoms with Crippen LogP contribution in [-0.2, 0) is 11.2 Å². The highest BCUT2D eigenvalue weighted by atomic mass is 16.1. The van der Waals surface area contributed by atoms with Gasteiger partial charge in [-0.3, -0.25) is 4.79 Å². The number of hydrogen-bond acceptors (Lipinski definition) is 2. The topological polar surface area (TPSA) is 55.1 Å². The minimum Gasteiger partial charge on any atom is -0.368 e. The number of hydrogen-bond donors (Lipinski definition) is 2. The van der Waals surface area contributed by atoms with E-state index in [-0.39, 0.29) is 11.9 Å². The third kappa shape index (κ3) is 3.30. The van der Waals surface area contributed by atoms with Crippen LogP contribution < -0.4 is 11.1 Å². The van der Waals surface area contributed by atoms with Crippen molar-refractivity contribution in [1.82, 2.24) is 5.32 Å². The van der Waals surface area contributed by atoms with Gasteiger partial charge in [0.05, 0.1) is 6.04 Å². The van der Waals surface area contributed by atoms with E-state index in [1.165, 1.54) is 11.1 Å². The molecule has 0 saturated carbocycles. The zero-order chi connectivity index (χ0) is 12.3. The summed E-state index contributed by atoms with van der Waals surface area (Å²) in [7, 11) is 0. The fourth-order valence-corrected chi connectivity index (χ4v) is 2.57. The largest absolute Gasteiger partial charge is 0.368 e. The Kier molecular flexibility index (Phi) is 3.79. The summed E-state index contributed by atoms with van der Waals surface area (Å²) in [6.07, 6.45) is 3.04. The molecule has 1 amide bonds. The van der Waals surface area contributed by atoms with Crippen LogP contribution in [0.15, 0.2) is 24.3 Å². The van der Waals surface area contributed by atoms with Crippen LogP contribution >= 0.6 is 0 Å². The summed E-state index contributed by atoms with van der Waals surface area (Å²) in [5.74, 6) is 0.342. The van der Waals surface area contributed by atoms with E-state index in [2.05, 4.69) is 36.5 Å². The van der Waals surface area contributed by atoms with Crippen molar-refractivity contribution < 1.29 is 4.79 Å². The van der Waals surface area contributed by atoms with Gasteiger partial charge in [0.1, 0.15) is 0 Å². The molecule has 2 unspecified atom stereocenters. The van der Waals surface area contributed by atoms with Gasteiger partial charge < -0.3 is 11.1 Å². The van der Waals surface area contributed by atoms with Gasteiger partial charge in [-0.25, -0.2) is 0 Å². The molecule has 1 fully saturated rings. The first-order chi connectivity index (χ1) is 8.15. The minimum absolute atomic E-state index is 0.140. The molecule has 1 saturated heterocycles. The van der Waals surface area contributed by atoms with E-state index >= 15 is 0 Å². The number of nitrogens with two attached hydrogens (primary N) is 1. The van der Waals surface area contributed by atoms with E-state index in [4.69, 9.17) is 5.73 Å². The zero-order valence-corrected chi connectivity index (χ0v) is 10.3. The molecule has 2 atom stereocenters. The molecule has 17 heavy (non-hydrogen) atoms. The number of benzene rings is 1. The van der Waals surface area contributed by atoms with E-state index < -0.39 is 0 Å². The predicted octanol–water partition coefficient (Wildman–Crippen LogP) is 1.39. The summed E-state index contributed by atoms with van der Waals surface area (Å²) in [6.45, 7) is 3.00. The van der Waals surface area contributed by atoms with Gasteiger partial charge in [0.2, 0.25) is 5.91 Å². The standard InChI is InChI=1S/C14H20N2O/c1-10-3-2-4-11(7-10)8-12-5-6-16-13(9-12)14(15)17/h2-4,7,12-13,16H,5-6,8-9H2,1H3,(H2,15,17). The molecule has 3 N–H and O–H groups in total. The third-order valence-corrected chi connectivity index (χ3v) is 3.46. The fourth-order valence-electron chi connectivity index (χ4n) is 2.57. The lowest BCUT2D eigenvalue weighted by atomic mass is 9.86. The average molecular weight is 232 g/mol. The van der Waals surface area contributed by atoms with Crippen LogP contribution in [-0.4, -0.2) is 18.5 Å². The van der Waals surface area contributed by atoms with Crippen molar-refractivity contribution in [3.63, 3.8) is 0 Å². The summed E-state index contributed by atoms with van der Waals surface area (Å²) in [5, 5.41) is 3.17. The van der Waals surface area contributed by atoms with E-state index in [1.807, 2.05) is 0 Å². The Morgan fingerprint density at radius 2 is 2.35 bits per heavy atom. The van der Waals surface area contributed by atoms with Crippen molar-refractivity contribution in [3.05, 3.63) is 35.4 Å². The van der Waals surface area contributed by atoms with Crippen molar-refractivity contribution in [2.45, 2.75) is 32.2 Å². The monoisotopic (exact) mass is 232 g/mol. The van der Waals surface area contributed by atoms with Gasteiger partial charge in [-0.1, -0.05) is 29.8 Å². The van der Waals surface area contributed by atoms with E-state index in [9.17, 15) is 4.79 Å². The van der Waals surface area contributed by atoms with Crippen LogP contribution in [0.4, 0.5) is 0 Å². The van der Waals surface area contributed by atoms with Crippen LogP contribution in [0.2, 0.25) is 0 Å². The zero-order valence-electron chi connectivity index (χ0n) is 10.3.